The number of amides is 1. The number of aliphatic carboxylic acids is 1. The second kappa shape index (κ2) is 4.64. The maximum Gasteiger partial charge on any atom is 0.319 e. The molecule has 1 unspecified atom stereocenters. The summed E-state index contributed by atoms with van der Waals surface area (Å²) in [6.07, 6.45) is 0.735. The first-order chi connectivity index (χ1) is 7.74. The topological polar surface area (TPSA) is 75.6 Å². The van der Waals surface area contributed by atoms with Crippen molar-refractivity contribution in [2.45, 2.75) is 39.7 Å². The molecule has 0 aromatic carbocycles. The number of methoxy groups -OCH3 is 1. The van der Waals surface area contributed by atoms with Crippen LogP contribution in [0, 0.1) is 10.8 Å². The van der Waals surface area contributed by atoms with Gasteiger partial charge in [-0.15, -0.1) is 0 Å². The van der Waals surface area contributed by atoms with Crippen molar-refractivity contribution in [3.05, 3.63) is 0 Å². The van der Waals surface area contributed by atoms with Crippen LogP contribution >= 0.6 is 0 Å². The molecule has 2 N–H and O–H groups in total. The molecule has 0 aromatic heterocycles. The van der Waals surface area contributed by atoms with Gasteiger partial charge >= 0.3 is 5.97 Å². The summed E-state index contributed by atoms with van der Waals surface area (Å²) in [7, 11) is 1.59. The third kappa shape index (κ3) is 2.97. The predicted molar refractivity (Wildman–Crippen MR) is 62.6 cm³/mol. The molecule has 1 aliphatic rings. The number of nitrogens with one attached hydrogen (secondary N) is 1. The summed E-state index contributed by atoms with van der Waals surface area (Å²) in [5.41, 5.74) is -1.27. The van der Waals surface area contributed by atoms with Crippen molar-refractivity contribution in [2.24, 2.45) is 10.8 Å². The van der Waals surface area contributed by atoms with Gasteiger partial charge in [0.1, 0.15) is 5.41 Å². The maximum absolute atomic E-state index is 11.8. The van der Waals surface area contributed by atoms with Crippen molar-refractivity contribution in [2.75, 3.05) is 13.7 Å². The Labute approximate surface area is 102 Å². The van der Waals surface area contributed by atoms with Crippen molar-refractivity contribution < 1.29 is 19.4 Å². The minimum Gasteiger partial charge on any atom is -0.480 e. The van der Waals surface area contributed by atoms with Gasteiger partial charge in [-0.3, -0.25) is 9.59 Å². The van der Waals surface area contributed by atoms with Gasteiger partial charge in [0.2, 0.25) is 5.91 Å². The molecule has 1 fully saturated rings. The van der Waals surface area contributed by atoms with Gasteiger partial charge in [-0.2, -0.15) is 0 Å². The van der Waals surface area contributed by atoms with E-state index in [9.17, 15) is 9.59 Å². The smallest absolute Gasteiger partial charge is 0.319 e. The Hall–Kier alpha value is -1.10. The van der Waals surface area contributed by atoms with E-state index in [1.165, 1.54) is 0 Å². The highest BCUT2D eigenvalue weighted by molar-refractivity contribution is 6.04. The molecule has 0 aliphatic heterocycles. The van der Waals surface area contributed by atoms with Crippen molar-refractivity contribution in [1.29, 1.82) is 0 Å². The monoisotopic (exact) mass is 243 g/mol. The first kappa shape index (κ1) is 14.0. The highest BCUT2D eigenvalue weighted by Crippen LogP contribution is 2.46. The second-order valence-corrected chi connectivity index (χ2v) is 5.69. The van der Waals surface area contributed by atoms with Crippen LogP contribution in [0.25, 0.3) is 0 Å². The molecular weight excluding hydrogens is 222 g/mol. The Bertz CT molecular complexity index is 315. The van der Waals surface area contributed by atoms with Crippen LogP contribution in [-0.2, 0) is 14.3 Å². The summed E-state index contributed by atoms with van der Waals surface area (Å²) >= 11 is 0. The number of carbonyl (C=O) groups is 2. The molecular formula is C12H21NO4. The highest BCUT2D eigenvalue weighted by Gasteiger charge is 2.57. The minimum absolute atomic E-state index is 0.0953. The van der Waals surface area contributed by atoms with Crippen molar-refractivity contribution in [3.8, 4) is 0 Å². The summed E-state index contributed by atoms with van der Waals surface area (Å²) in [6, 6.07) is 0. The maximum atomic E-state index is 11.8. The number of carboxylic acids is 1. The lowest BCUT2D eigenvalue weighted by atomic mass is 9.89. The molecule has 0 heterocycles. The van der Waals surface area contributed by atoms with Crippen LogP contribution < -0.4 is 5.32 Å². The average molecular weight is 243 g/mol. The molecule has 1 amide bonds. The first-order valence-corrected chi connectivity index (χ1v) is 5.78. The molecule has 5 heteroatoms. The Morgan fingerprint density at radius 2 is 1.94 bits per heavy atom. The SMILES string of the molecule is COC(CNC(=O)C1(C(=O)O)CC1)C(C)(C)C. The lowest BCUT2D eigenvalue weighted by molar-refractivity contribution is -0.149. The Balaban J connectivity index is 2.51. The van der Waals surface area contributed by atoms with Crippen LogP contribution in [0.2, 0.25) is 0 Å². The van der Waals surface area contributed by atoms with E-state index in [0.717, 1.165) is 0 Å². The van der Waals surface area contributed by atoms with E-state index in [1.54, 1.807) is 7.11 Å². The van der Waals surface area contributed by atoms with Gasteiger partial charge in [-0.05, 0) is 18.3 Å². The van der Waals surface area contributed by atoms with E-state index in [-0.39, 0.29) is 11.5 Å². The van der Waals surface area contributed by atoms with Crippen LogP contribution in [0.5, 0.6) is 0 Å². The Morgan fingerprint density at radius 3 is 2.24 bits per heavy atom. The normalized spacial score (nSPS) is 19.5. The van der Waals surface area contributed by atoms with Gasteiger partial charge < -0.3 is 15.2 Å². The van der Waals surface area contributed by atoms with Gasteiger partial charge in [0, 0.05) is 13.7 Å². The van der Waals surface area contributed by atoms with Crippen LogP contribution in [0.15, 0.2) is 0 Å². The molecule has 1 rings (SSSR count). The lowest BCUT2D eigenvalue weighted by Crippen LogP contribution is -2.44. The van der Waals surface area contributed by atoms with Crippen molar-refractivity contribution in [1.82, 2.24) is 5.32 Å². The molecule has 5 nitrogen and oxygen atoms in total. The molecule has 0 saturated heterocycles. The van der Waals surface area contributed by atoms with Gasteiger partial charge in [0.05, 0.1) is 6.10 Å². The van der Waals surface area contributed by atoms with Gasteiger partial charge in [-0.25, -0.2) is 0 Å². The van der Waals surface area contributed by atoms with E-state index in [2.05, 4.69) is 5.32 Å². The highest BCUT2D eigenvalue weighted by atomic mass is 16.5. The van der Waals surface area contributed by atoms with E-state index < -0.39 is 17.3 Å². The van der Waals surface area contributed by atoms with E-state index in [1.807, 2.05) is 20.8 Å². The fraction of sp³-hybridized carbons (Fsp3) is 0.833. The summed E-state index contributed by atoms with van der Waals surface area (Å²) in [6.45, 7) is 6.38. The van der Waals surface area contributed by atoms with Crippen molar-refractivity contribution in [3.63, 3.8) is 0 Å². The molecule has 1 atom stereocenters. The molecule has 1 saturated carbocycles. The van der Waals surface area contributed by atoms with E-state index in [4.69, 9.17) is 9.84 Å². The van der Waals surface area contributed by atoms with Crippen LogP contribution in [0.1, 0.15) is 33.6 Å². The number of hydrogen-bond acceptors (Lipinski definition) is 3. The summed E-state index contributed by atoms with van der Waals surface area (Å²) in [5.74, 6) is -1.42. The minimum atomic E-state index is -1.17. The molecule has 0 spiro atoms. The van der Waals surface area contributed by atoms with Gasteiger partial charge in [0.25, 0.3) is 0 Å². The first-order valence-electron chi connectivity index (χ1n) is 5.78. The molecule has 0 aromatic rings. The van der Waals surface area contributed by atoms with E-state index in [0.29, 0.717) is 19.4 Å². The molecule has 98 valence electrons. The van der Waals surface area contributed by atoms with Crippen molar-refractivity contribution >= 4 is 11.9 Å². The van der Waals surface area contributed by atoms with Gasteiger partial charge in [-0.1, -0.05) is 20.8 Å². The average Bonchev–Trinajstić information content (AvgIpc) is 2.96. The van der Waals surface area contributed by atoms with Crippen LogP contribution in [0.3, 0.4) is 0 Å². The Morgan fingerprint density at radius 1 is 1.41 bits per heavy atom. The summed E-state index contributed by atoms with van der Waals surface area (Å²) < 4.78 is 5.30. The third-order valence-corrected chi connectivity index (χ3v) is 3.29. The number of ether oxygens (including phenoxy) is 1. The zero-order chi connectivity index (χ0) is 13.3. The van der Waals surface area contributed by atoms with Gasteiger partial charge in [0.15, 0.2) is 0 Å². The second-order valence-electron chi connectivity index (χ2n) is 5.69. The van der Waals surface area contributed by atoms with Crippen LogP contribution in [-0.4, -0.2) is 36.7 Å². The quantitative estimate of drug-likeness (QED) is 0.707. The number of carbonyl (C=O) groups excluding carboxylic acids is 1. The molecule has 1 aliphatic carbocycles. The molecule has 0 radical (unpaired) electrons. The summed E-state index contributed by atoms with van der Waals surface area (Å²) in [5, 5.41) is 11.6. The molecule has 0 bridgehead atoms. The zero-order valence-electron chi connectivity index (χ0n) is 10.9. The fourth-order valence-corrected chi connectivity index (χ4v) is 1.76. The number of hydrogen-bond donors (Lipinski definition) is 2. The predicted octanol–water partition coefficient (Wildman–Crippen LogP) is 1.03. The number of rotatable bonds is 5. The summed E-state index contributed by atoms with van der Waals surface area (Å²) in [4.78, 5) is 22.7. The zero-order valence-corrected chi connectivity index (χ0v) is 10.9. The largest absolute Gasteiger partial charge is 0.480 e. The lowest BCUT2D eigenvalue weighted by Gasteiger charge is -2.29. The number of carboxylic acid groups (broad SMARTS) is 1. The fourth-order valence-electron chi connectivity index (χ4n) is 1.76. The van der Waals surface area contributed by atoms with Crippen LogP contribution in [0.4, 0.5) is 0 Å². The third-order valence-electron chi connectivity index (χ3n) is 3.29. The molecule has 17 heavy (non-hydrogen) atoms. The standard InChI is InChI=1S/C12H21NO4/c1-11(2,3)8(17-4)7-13-9(14)12(5-6-12)10(15)16/h8H,5-7H2,1-4H3,(H,13,14)(H,15,16). The van der Waals surface area contributed by atoms with E-state index >= 15 is 0 Å². The Kier molecular flexibility index (Phi) is 3.81.